The summed E-state index contributed by atoms with van der Waals surface area (Å²) in [6, 6.07) is 13.4. The lowest BCUT2D eigenvalue weighted by molar-refractivity contribution is -0.113. The first-order valence-electron chi connectivity index (χ1n) is 8.27. The Hall–Kier alpha value is -2.65. The van der Waals surface area contributed by atoms with Crippen molar-refractivity contribution in [3.8, 4) is 11.6 Å². The number of nitrogens with one attached hydrogen (secondary N) is 1. The summed E-state index contributed by atoms with van der Waals surface area (Å²) < 4.78 is 21.8. The third-order valence-corrected chi connectivity index (χ3v) is 5.49. The number of fused-ring (bicyclic) bond motifs is 1. The highest BCUT2D eigenvalue weighted by Crippen LogP contribution is 2.30. The minimum Gasteiger partial charge on any atom is -0.453 e. The molecule has 2 heterocycles. The molecule has 0 bridgehead atoms. The largest absolute Gasteiger partial charge is 0.453 e. The molecule has 0 saturated heterocycles. The Morgan fingerprint density at radius 3 is 2.93 bits per heavy atom. The molecule has 142 valence electrons. The van der Waals surface area contributed by atoms with Crippen LogP contribution < -0.4 is 5.32 Å². The summed E-state index contributed by atoms with van der Waals surface area (Å²) in [7, 11) is 1.81. The maximum Gasteiger partial charge on any atom is 0.234 e. The van der Waals surface area contributed by atoms with Crippen LogP contribution in [0.1, 0.15) is 0 Å². The summed E-state index contributed by atoms with van der Waals surface area (Å²) in [5.41, 5.74) is 1.17. The van der Waals surface area contributed by atoms with E-state index in [1.54, 1.807) is 16.7 Å². The molecule has 6 nitrogen and oxygen atoms in total. The molecule has 0 aliphatic rings. The van der Waals surface area contributed by atoms with Crippen LogP contribution in [0.4, 0.5) is 10.1 Å². The maximum atomic E-state index is 13.2. The van der Waals surface area contributed by atoms with Crippen LogP contribution in [0, 0.1) is 5.82 Å². The highest BCUT2D eigenvalue weighted by atomic mass is 79.9. The van der Waals surface area contributed by atoms with Crippen molar-refractivity contribution in [2.75, 3.05) is 11.1 Å². The van der Waals surface area contributed by atoms with Gasteiger partial charge in [-0.3, -0.25) is 4.79 Å². The van der Waals surface area contributed by atoms with Crippen LogP contribution in [-0.2, 0) is 11.8 Å². The lowest BCUT2D eigenvalue weighted by atomic mass is 10.2. The van der Waals surface area contributed by atoms with E-state index in [4.69, 9.17) is 4.42 Å². The molecular weight excluding hydrogens is 447 g/mol. The lowest BCUT2D eigenvalue weighted by Crippen LogP contribution is -2.14. The predicted molar refractivity (Wildman–Crippen MR) is 110 cm³/mol. The molecule has 2 aromatic heterocycles. The van der Waals surface area contributed by atoms with Crippen molar-refractivity contribution >= 4 is 50.3 Å². The number of nitrogens with zero attached hydrogens (tertiary/aromatic N) is 3. The number of anilines is 1. The van der Waals surface area contributed by atoms with Crippen LogP contribution in [0.3, 0.4) is 0 Å². The Balaban J connectivity index is 1.46. The number of aromatic nitrogens is 3. The number of furan rings is 1. The molecule has 4 aromatic rings. The second-order valence-corrected chi connectivity index (χ2v) is 7.86. The highest BCUT2D eigenvalue weighted by Gasteiger charge is 2.16. The first-order chi connectivity index (χ1) is 13.5. The van der Waals surface area contributed by atoms with Gasteiger partial charge in [0, 0.05) is 22.6 Å². The third-order valence-electron chi connectivity index (χ3n) is 3.97. The molecule has 0 spiro atoms. The number of carbonyl (C=O) groups is 1. The van der Waals surface area contributed by atoms with Crippen LogP contribution in [0.25, 0.3) is 22.6 Å². The van der Waals surface area contributed by atoms with Crippen molar-refractivity contribution in [3.63, 3.8) is 0 Å². The molecule has 0 saturated carbocycles. The standard InChI is InChI=1S/C19H14BrFN4O2S/c1-25-18(16-8-11-7-12(20)5-6-15(11)27-16)23-24-19(25)28-10-17(26)22-14-4-2-3-13(21)9-14/h2-9H,10H2,1H3,(H,22,26). The average Bonchev–Trinajstić information content (AvgIpc) is 3.22. The van der Waals surface area contributed by atoms with Crippen molar-refractivity contribution in [3.05, 3.63) is 58.8 Å². The van der Waals surface area contributed by atoms with E-state index in [1.165, 1.54) is 23.9 Å². The normalized spacial score (nSPS) is 11.1. The highest BCUT2D eigenvalue weighted by molar-refractivity contribution is 9.10. The molecule has 0 fully saturated rings. The predicted octanol–water partition coefficient (Wildman–Crippen LogP) is 4.86. The quantitative estimate of drug-likeness (QED) is 0.430. The van der Waals surface area contributed by atoms with Crippen molar-refractivity contribution in [2.24, 2.45) is 7.05 Å². The summed E-state index contributed by atoms with van der Waals surface area (Å²) in [5.74, 6) is 0.629. The van der Waals surface area contributed by atoms with Gasteiger partial charge in [-0.2, -0.15) is 0 Å². The van der Waals surface area contributed by atoms with Crippen molar-refractivity contribution in [1.29, 1.82) is 0 Å². The number of carbonyl (C=O) groups excluding carboxylic acids is 1. The van der Waals surface area contributed by atoms with E-state index in [-0.39, 0.29) is 11.7 Å². The van der Waals surface area contributed by atoms with E-state index in [0.717, 1.165) is 15.4 Å². The number of benzene rings is 2. The van der Waals surface area contributed by atoms with Gasteiger partial charge in [0.2, 0.25) is 5.91 Å². The van der Waals surface area contributed by atoms with Crippen LogP contribution in [-0.4, -0.2) is 26.4 Å². The molecule has 0 aliphatic heterocycles. The fourth-order valence-corrected chi connectivity index (χ4v) is 3.76. The van der Waals surface area contributed by atoms with E-state index in [2.05, 4.69) is 31.4 Å². The monoisotopic (exact) mass is 460 g/mol. The van der Waals surface area contributed by atoms with Crippen molar-refractivity contribution in [2.45, 2.75) is 5.16 Å². The lowest BCUT2D eigenvalue weighted by Gasteiger charge is -2.05. The molecule has 9 heteroatoms. The average molecular weight is 461 g/mol. The van der Waals surface area contributed by atoms with E-state index in [9.17, 15) is 9.18 Å². The summed E-state index contributed by atoms with van der Waals surface area (Å²) in [4.78, 5) is 12.1. The molecule has 0 atom stereocenters. The first-order valence-corrected chi connectivity index (χ1v) is 10.0. The summed E-state index contributed by atoms with van der Waals surface area (Å²) >= 11 is 4.68. The number of amides is 1. The number of rotatable bonds is 5. The van der Waals surface area contributed by atoms with Gasteiger partial charge >= 0.3 is 0 Å². The van der Waals surface area contributed by atoms with Gasteiger partial charge in [0.1, 0.15) is 11.4 Å². The van der Waals surface area contributed by atoms with E-state index in [0.29, 0.717) is 22.4 Å². The fourth-order valence-electron chi connectivity index (χ4n) is 2.67. The van der Waals surface area contributed by atoms with Gasteiger partial charge in [-0.25, -0.2) is 4.39 Å². The second kappa shape index (κ2) is 7.76. The zero-order valence-electron chi connectivity index (χ0n) is 14.6. The topological polar surface area (TPSA) is 73.0 Å². The van der Waals surface area contributed by atoms with Gasteiger partial charge in [-0.1, -0.05) is 33.8 Å². The Bertz CT molecular complexity index is 1170. The number of thioether (sulfide) groups is 1. The van der Waals surface area contributed by atoms with Crippen LogP contribution in [0.15, 0.2) is 62.6 Å². The minimum absolute atomic E-state index is 0.121. The first kappa shape index (κ1) is 18.7. The van der Waals surface area contributed by atoms with Gasteiger partial charge in [-0.15, -0.1) is 10.2 Å². The van der Waals surface area contributed by atoms with Gasteiger partial charge in [0.15, 0.2) is 16.7 Å². The molecular formula is C19H14BrFN4O2S. The maximum absolute atomic E-state index is 13.2. The zero-order chi connectivity index (χ0) is 19.7. The molecule has 28 heavy (non-hydrogen) atoms. The SMILES string of the molecule is Cn1c(SCC(=O)Nc2cccc(F)c2)nnc1-c1cc2cc(Br)ccc2o1. The summed E-state index contributed by atoms with van der Waals surface area (Å²) in [5, 5.41) is 12.5. The van der Waals surface area contributed by atoms with Crippen LogP contribution >= 0.6 is 27.7 Å². The Morgan fingerprint density at radius 2 is 2.11 bits per heavy atom. The smallest absolute Gasteiger partial charge is 0.234 e. The zero-order valence-corrected chi connectivity index (χ0v) is 17.1. The summed E-state index contributed by atoms with van der Waals surface area (Å²) in [6.45, 7) is 0. The molecule has 0 aliphatic carbocycles. The van der Waals surface area contributed by atoms with Crippen molar-refractivity contribution < 1.29 is 13.6 Å². The van der Waals surface area contributed by atoms with E-state index < -0.39 is 5.82 Å². The minimum atomic E-state index is -0.402. The number of hydrogen-bond donors (Lipinski definition) is 1. The number of halogens is 2. The molecule has 2 aromatic carbocycles. The molecule has 0 unspecified atom stereocenters. The van der Waals surface area contributed by atoms with Gasteiger partial charge in [-0.05, 0) is 42.5 Å². The second-order valence-electron chi connectivity index (χ2n) is 6.01. The van der Waals surface area contributed by atoms with Crippen LogP contribution in [0.2, 0.25) is 0 Å². The van der Waals surface area contributed by atoms with Gasteiger partial charge in [0.05, 0.1) is 5.75 Å². The van der Waals surface area contributed by atoms with Gasteiger partial charge < -0.3 is 14.3 Å². The van der Waals surface area contributed by atoms with E-state index in [1.807, 2.05) is 31.3 Å². The van der Waals surface area contributed by atoms with E-state index >= 15 is 0 Å². The molecule has 1 N–H and O–H groups in total. The van der Waals surface area contributed by atoms with Gasteiger partial charge in [0.25, 0.3) is 0 Å². The molecule has 4 rings (SSSR count). The Labute approximate surface area is 172 Å². The summed E-state index contributed by atoms with van der Waals surface area (Å²) in [6.07, 6.45) is 0. The third kappa shape index (κ3) is 3.95. The molecule has 0 radical (unpaired) electrons. The molecule has 1 amide bonds. The number of hydrogen-bond acceptors (Lipinski definition) is 5. The Kier molecular flexibility index (Phi) is 5.19. The van der Waals surface area contributed by atoms with Crippen molar-refractivity contribution in [1.82, 2.24) is 14.8 Å². The Morgan fingerprint density at radius 1 is 1.25 bits per heavy atom. The van der Waals surface area contributed by atoms with Crippen LogP contribution in [0.5, 0.6) is 0 Å². The fraction of sp³-hybridized carbons (Fsp3) is 0.105.